The summed E-state index contributed by atoms with van der Waals surface area (Å²) < 4.78 is 9.29. The molecule has 3 nitrogen and oxygen atoms in total. The monoisotopic (exact) mass is 342 g/mol. The van der Waals surface area contributed by atoms with Gasteiger partial charge >= 0.3 is 0 Å². The molecule has 2 aliphatic rings. The van der Waals surface area contributed by atoms with Gasteiger partial charge in [0.15, 0.2) is 0 Å². The molecule has 0 unspecified atom stereocenters. The highest BCUT2D eigenvalue weighted by atomic mass is 127. The summed E-state index contributed by atoms with van der Waals surface area (Å²) in [5.41, 5.74) is 1.24. The van der Waals surface area contributed by atoms with Crippen LogP contribution in [-0.4, -0.2) is 25.5 Å². The van der Waals surface area contributed by atoms with Gasteiger partial charge in [0.2, 0.25) is 0 Å². The first-order valence-corrected chi connectivity index (χ1v) is 8.18. The van der Waals surface area contributed by atoms with Gasteiger partial charge in [0.25, 0.3) is 0 Å². The molecule has 0 radical (unpaired) electrons. The Hall–Kier alpha value is -0.750. The highest BCUT2D eigenvalue weighted by Gasteiger charge is 2.32. The smallest absolute Gasteiger partial charge is 0.0968 e. The van der Waals surface area contributed by atoms with Crippen LogP contribution in [-0.2, 0) is 11.3 Å². The second kappa shape index (κ2) is 5.27. The Balaban J connectivity index is 1.48. The van der Waals surface area contributed by atoms with Crippen LogP contribution in [0.25, 0.3) is 0 Å². The van der Waals surface area contributed by atoms with E-state index in [4.69, 9.17) is 4.74 Å². The molecule has 1 aromatic rings. The van der Waals surface area contributed by atoms with Gasteiger partial charge in [-0.1, -0.05) is 30.3 Å². The van der Waals surface area contributed by atoms with E-state index in [1.165, 1.54) is 22.0 Å². The summed E-state index contributed by atoms with van der Waals surface area (Å²) in [6.07, 6.45) is 2.59. The maximum absolute atomic E-state index is 5.78. The minimum atomic E-state index is -0.0141. The summed E-state index contributed by atoms with van der Waals surface area (Å²) in [7, 11) is 0. The number of hydrogen-bond donors (Lipinski definition) is 0. The molecule has 0 atom stereocenters. The van der Waals surface area contributed by atoms with E-state index in [-0.39, 0.29) is 20.7 Å². The van der Waals surface area contributed by atoms with Crippen LogP contribution in [0, 0.1) is 0 Å². The number of ether oxygens (including phenoxy) is 1. The summed E-state index contributed by atoms with van der Waals surface area (Å²) in [5.74, 6) is 0. The molecule has 0 amide bonds. The van der Waals surface area contributed by atoms with Gasteiger partial charge in [0.1, 0.15) is 0 Å². The molecule has 0 N–H and O–H groups in total. The number of halogens is 1. The molecule has 1 aliphatic heterocycles. The molecule has 17 heavy (non-hydrogen) atoms. The third-order valence-electron chi connectivity index (χ3n) is 2.82. The predicted molar refractivity (Wildman–Crippen MR) is 78.5 cm³/mol. The fourth-order valence-electron chi connectivity index (χ4n) is 1.77. The van der Waals surface area contributed by atoms with E-state index in [1.54, 1.807) is 0 Å². The van der Waals surface area contributed by atoms with Crippen molar-refractivity contribution in [3.05, 3.63) is 35.9 Å². The van der Waals surface area contributed by atoms with Crippen LogP contribution < -0.4 is 0 Å². The largest absolute Gasteiger partial charge is 0.370 e. The first-order valence-electron chi connectivity index (χ1n) is 5.86. The van der Waals surface area contributed by atoms with Gasteiger partial charge in [0, 0.05) is 0 Å². The highest BCUT2D eigenvalue weighted by Crippen LogP contribution is 2.31. The van der Waals surface area contributed by atoms with Crippen molar-refractivity contribution >= 4 is 28.6 Å². The summed E-state index contributed by atoms with van der Waals surface area (Å²) >= 11 is -0.0141. The second-order valence-corrected chi connectivity index (χ2v) is 6.68. The minimum absolute atomic E-state index is 0.0141. The van der Waals surface area contributed by atoms with Crippen molar-refractivity contribution in [3.8, 4) is 0 Å². The van der Waals surface area contributed by atoms with Crippen LogP contribution in [0.1, 0.15) is 18.4 Å². The van der Waals surface area contributed by atoms with Crippen molar-refractivity contribution in [2.75, 3.05) is 6.61 Å². The second-order valence-electron chi connectivity index (χ2n) is 4.25. The van der Waals surface area contributed by atoms with E-state index in [2.05, 4.69) is 26.5 Å². The van der Waals surface area contributed by atoms with Gasteiger partial charge in [0.05, 0.1) is 27.1 Å². The van der Waals surface area contributed by atoms with E-state index in [1.807, 2.05) is 18.2 Å². The van der Waals surface area contributed by atoms with Crippen molar-refractivity contribution in [1.29, 1.82) is 0 Å². The Morgan fingerprint density at radius 3 is 2.82 bits per heavy atom. The van der Waals surface area contributed by atoms with Crippen molar-refractivity contribution < 1.29 is 4.74 Å². The molecule has 0 spiro atoms. The lowest BCUT2D eigenvalue weighted by atomic mass is 10.2. The molecule has 3 rings (SSSR count). The molecule has 1 fully saturated rings. The summed E-state index contributed by atoms with van der Waals surface area (Å²) in [4.78, 5) is 0. The fraction of sp³-hybridized carbons (Fsp3) is 0.385. The highest BCUT2D eigenvalue weighted by molar-refractivity contribution is 14.2. The quantitative estimate of drug-likeness (QED) is 0.769. The van der Waals surface area contributed by atoms with E-state index >= 15 is 0 Å². The lowest BCUT2D eigenvalue weighted by Gasteiger charge is -2.17. The Labute approximate surface area is 111 Å². The summed E-state index contributed by atoms with van der Waals surface area (Å²) in [6, 6.07) is 11.0. The van der Waals surface area contributed by atoms with E-state index in [0.717, 1.165) is 6.61 Å². The fourth-order valence-corrected chi connectivity index (χ4v) is 3.69. The third kappa shape index (κ3) is 2.93. The average molecular weight is 342 g/mol. The Bertz CT molecular complexity index is 440. The standard InChI is InChI=1S/C13H15IN2O/c1-2-4-11(5-3-1)8-17-9-13-14-10-15-16(13)12-6-7-12/h1-5,10,12H,6-9H2. The van der Waals surface area contributed by atoms with Gasteiger partial charge in [-0.2, -0.15) is 5.10 Å². The average Bonchev–Trinajstić information content (AvgIpc) is 3.11. The van der Waals surface area contributed by atoms with E-state index < -0.39 is 0 Å². The molecule has 0 bridgehead atoms. The van der Waals surface area contributed by atoms with Crippen LogP contribution in [0.3, 0.4) is 0 Å². The van der Waals surface area contributed by atoms with Gasteiger partial charge in [-0.25, -0.2) is 0 Å². The van der Waals surface area contributed by atoms with Crippen molar-refractivity contribution in [2.24, 2.45) is 5.10 Å². The molecule has 0 aromatic heterocycles. The molecule has 90 valence electrons. The zero-order chi connectivity index (χ0) is 11.5. The van der Waals surface area contributed by atoms with Gasteiger partial charge in [-0.3, -0.25) is 5.01 Å². The topological polar surface area (TPSA) is 24.8 Å². The Morgan fingerprint density at radius 2 is 2.06 bits per heavy atom. The van der Waals surface area contributed by atoms with Gasteiger partial charge < -0.3 is 4.74 Å². The third-order valence-corrected chi connectivity index (χ3v) is 4.87. The normalized spacial score (nSPS) is 19.1. The van der Waals surface area contributed by atoms with Crippen LogP contribution in [0.15, 0.2) is 35.4 Å². The minimum Gasteiger partial charge on any atom is -0.370 e. The summed E-state index contributed by atoms with van der Waals surface area (Å²) in [6.45, 7) is 1.45. The number of hydrogen-bond acceptors (Lipinski definition) is 3. The molecule has 1 aromatic carbocycles. The molecular weight excluding hydrogens is 327 g/mol. The molecule has 4 heteroatoms. The number of rotatable bonds is 5. The molecule has 1 saturated carbocycles. The van der Waals surface area contributed by atoms with E-state index in [9.17, 15) is 0 Å². The van der Waals surface area contributed by atoms with Crippen LogP contribution >= 0.6 is 20.7 Å². The summed E-state index contributed by atoms with van der Waals surface area (Å²) in [5, 5.41) is 6.65. The molecular formula is C13H15IN2O. The number of nitrogens with zero attached hydrogens (tertiary/aromatic N) is 2. The first kappa shape index (κ1) is 11.3. The molecule has 1 aliphatic carbocycles. The zero-order valence-electron chi connectivity index (χ0n) is 9.55. The Morgan fingerprint density at radius 1 is 1.24 bits per heavy atom. The number of benzene rings is 1. The van der Waals surface area contributed by atoms with Crippen molar-refractivity contribution in [3.63, 3.8) is 0 Å². The molecule has 0 saturated heterocycles. The molecule has 1 heterocycles. The predicted octanol–water partition coefficient (Wildman–Crippen LogP) is 2.73. The lowest BCUT2D eigenvalue weighted by molar-refractivity contribution is 0.151. The zero-order valence-corrected chi connectivity index (χ0v) is 11.7. The van der Waals surface area contributed by atoms with Crippen LogP contribution in [0.5, 0.6) is 0 Å². The lowest BCUT2D eigenvalue weighted by Crippen LogP contribution is -2.27. The van der Waals surface area contributed by atoms with E-state index in [0.29, 0.717) is 12.6 Å². The number of hydrazone groups is 1. The maximum Gasteiger partial charge on any atom is 0.0968 e. The van der Waals surface area contributed by atoms with Gasteiger partial charge in [-0.15, -0.1) is 0 Å². The van der Waals surface area contributed by atoms with Gasteiger partial charge in [-0.05, 0) is 39.1 Å². The maximum atomic E-state index is 5.78. The SMILES string of the molecule is C1=NN(C2CC2)C(COCc2ccccc2)=I1. The van der Waals surface area contributed by atoms with Crippen molar-refractivity contribution in [2.45, 2.75) is 25.5 Å². The first-order chi connectivity index (χ1) is 8.43. The van der Waals surface area contributed by atoms with Crippen LogP contribution in [0.4, 0.5) is 0 Å². The van der Waals surface area contributed by atoms with Crippen molar-refractivity contribution in [1.82, 2.24) is 5.01 Å². The Kier molecular flexibility index (Phi) is 3.51. The van der Waals surface area contributed by atoms with Crippen LogP contribution in [0.2, 0.25) is 0 Å².